The third-order valence-electron chi connectivity index (χ3n) is 4.75. The summed E-state index contributed by atoms with van der Waals surface area (Å²) in [6, 6.07) is 13.2. The maximum Gasteiger partial charge on any atom is 0.296 e. The van der Waals surface area contributed by atoms with Crippen molar-refractivity contribution in [1.29, 1.82) is 0 Å². The highest BCUT2D eigenvalue weighted by Gasteiger charge is 2.46. The molecule has 1 aromatic carbocycles. The van der Waals surface area contributed by atoms with Crippen molar-refractivity contribution in [3.8, 4) is 5.75 Å². The van der Waals surface area contributed by atoms with Crippen LogP contribution in [0.1, 0.15) is 22.2 Å². The molecule has 30 heavy (non-hydrogen) atoms. The number of furan rings is 1. The number of thiophene rings is 1. The first-order chi connectivity index (χ1) is 14.6. The molecule has 152 valence electrons. The highest BCUT2D eigenvalue weighted by Crippen LogP contribution is 2.42. The summed E-state index contributed by atoms with van der Waals surface area (Å²) in [6.45, 7) is 4.10. The van der Waals surface area contributed by atoms with E-state index in [0.29, 0.717) is 23.7 Å². The Morgan fingerprint density at radius 3 is 2.63 bits per heavy atom. The van der Waals surface area contributed by atoms with Crippen LogP contribution in [0.25, 0.3) is 5.76 Å². The van der Waals surface area contributed by atoms with Gasteiger partial charge in [-0.2, -0.15) is 0 Å². The molecule has 1 aliphatic heterocycles. The number of likely N-dealkylation sites (tertiary alicyclic amines) is 1. The maximum absolute atomic E-state index is 12.9. The van der Waals surface area contributed by atoms with E-state index in [9.17, 15) is 14.7 Å². The molecule has 1 aliphatic rings. The van der Waals surface area contributed by atoms with Crippen LogP contribution in [0.2, 0.25) is 0 Å². The summed E-state index contributed by atoms with van der Waals surface area (Å²) in [5, 5.41) is 12.9. The van der Waals surface area contributed by atoms with Gasteiger partial charge in [0, 0.05) is 10.4 Å². The molecule has 0 aliphatic carbocycles. The van der Waals surface area contributed by atoms with Gasteiger partial charge < -0.3 is 19.2 Å². The zero-order valence-corrected chi connectivity index (χ0v) is 16.8. The monoisotopic (exact) mass is 421 g/mol. The van der Waals surface area contributed by atoms with Gasteiger partial charge in [0.2, 0.25) is 0 Å². The lowest BCUT2D eigenvalue weighted by Gasteiger charge is -2.23. The molecular weight excluding hydrogens is 402 g/mol. The van der Waals surface area contributed by atoms with E-state index in [1.165, 1.54) is 22.5 Å². The largest absolute Gasteiger partial charge is 0.507 e. The smallest absolute Gasteiger partial charge is 0.296 e. The van der Waals surface area contributed by atoms with Crippen LogP contribution in [-0.4, -0.2) is 28.3 Å². The molecule has 4 rings (SSSR count). The fourth-order valence-corrected chi connectivity index (χ4v) is 4.22. The highest BCUT2D eigenvalue weighted by molar-refractivity contribution is 7.10. The Morgan fingerprint density at radius 2 is 2.00 bits per heavy atom. The second-order valence-corrected chi connectivity index (χ2v) is 7.63. The van der Waals surface area contributed by atoms with Crippen molar-refractivity contribution in [2.75, 3.05) is 6.61 Å². The predicted octanol–water partition coefficient (Wildman–Crippen LogP) is 4.53. The van der Waals surface area contributed by atoms with Crippen LogP contribution in [0.15, 0.2) is 82.8 Å². The van der Waals surface area contributed by atoms with Crippen molar-refractivity contribution in [3.05, 3.63) is 94.6 Å². The summed E-state index contributed by atoms with van der Waals surface area (Å²) in [5.41, 5.74) is 0.493. The van der Waals surface area contributed by atoms with Crippen LogP contribution in [0.4, 0.5) is 0 Å². The quantitative estimate of drug-likeness (QED) is 0.262. The Morgan fingerprint density at radius 1 is 1.20 bits per heavy atom. The molecule has 6 nitrogen and oxygen atoms in total. The summed E-state index contributed by atoms with van der Waals surface area (Å²) < 4.78 is 10.8. The second-order valence-electron chi connectivity index (χ2n) is 6.65. The molecule has 3 heterocycles. The van der Waals surface area contributed by atoms with Gasteiger partial charge in [-0.25, -0.2) is 0 Å². The first-order valence-corrected chi connectivity index (χ1v) is 10.2. The average molecular weight is 421 g/mol. The van der Waals surface area contributed by atoms with Crippen LogP contribution in [0, 0.1) is 0 Å². The van der Waals surface area contributed by atoms with Crippen LogP contribution >= 0.6 is 11.3 Å². The molecule has 1 N–H and O–H groups in total. The summed E-state index contributed by atoms with van der Waals surface area (Å²) >= 11 is 1.42. The lowest BCUT2D eigenvalue weighted by atomic mass is 10.00. The van der Waals surface area contributed by atoms with Gasteiger partial charge >= 0.3 is 0 Å². The fourth-order valence-electron chi connectivity index (χ4n) is 3.38. The predicted molar refractivity (Wildman–Crippen MR) is 113 cm³/mol. The molecule has 1 atom stereocenters. The minimum atomic E-state index is -0.718. The molecule has 0 spiro atoms. The van der Waals surface area contributed by atoms with Crippen LogP contribution in [0.5, 0.6) is 5.75 Å². The normalized spacial score (nSPS) is 18.0. The van der Waals surface area contributed by atoms with Gasteiger partial charge in [-0.15, -0.1) is 11.3 Å². The van der Waals surface area contributed by atoms with Crippen molar-refractivity contribution < 1.29 is 23.8 Å². The highest BCUT2D eigenvalue weighted by atomic mass is 32.1. The average Bonchev–Trinajstić information content (AvgIpc) is 3.51. The number of hydrogen-bond acceptors (Lipinski definition) is 6. The lowest BCUT2D eigenvalue weighted by molar-refractivity contribution is -0.140. The zero-order chi connectivity index (χ0) is 21.1. The zero-order valence-electron chi connectivity index (χ0n) is 16.0. The third kappa shape index (κ3) is 3.67. The van der Waals surface area contributed by atoms with Crippen LogP contribution < -0.4 is 4.74 Å². The molecular formula is C23H19NO5S. The fraction of sp³-hybridized carbons (Fsp3) is 0.130. The molecule has 0 radical (unpaired) electrons. The Bertz CT molecular complexity index is 1080. The van der Waals surface area contributed by atoms with Gasteiger partial charge in [-0.1, -0.05) is 18.7 Å². The van der Waals surface area contributed by atoms with Gasteiger partial charge in [0.1, 0.15) is 29.9 Å². The van der Waals surface area contributed by atoms with E-state index in [-0.39, 0.29) is 17.9 Å². The van der Waals surface area contributed by atoms with Gasteiger partial charge in [0.15, 0.2) is 0 Å². The molecule has 2 aromatic heterocycles. The number of aliphatic hydroxyl groups is 1. The Kier molecular flexibility index (Phi) is 5.54. The minimum Gasteiger partial charge on any atom is -0.507 e. The van der Waals surface area contributed by atoms with E-state index in [0.717, 1.165) is 4.88 Å². The van der Waals surface area contributed by atoms with Crippen molar-refractivity contribution in [3.63, 3.8) is 0 Å². The number of carbonyl (C=O) groups is 2. The Labute approximate surface area is 177 Å². The maximum atomic E-state index is 12.9. The van der Waals surface area contributed by atoms with Crippen molar-refractivity contribution in [2.24, 2.45) is 0 Å². The van der Waals surface area contributed by atoms with Gasteiger partial charge in [0.05, 0.1) is 18.4 Å². The van der Waals surface area contributed by atoms with E-state index in [4.69, 9.17) is 9.15 Å². The molecule has 1 amide bonds. The number of carbonyl (C=O) groups excluding carboxylic acids is 2. The van der Waals surface area contributed by atoms with E-state index in [1.807, 2.05) is 17.5 Å². The van der Waals surface area contributed by atoms with Gasteiger partial charge in [-0.3, -0.25) is 9.59 Å². The number of ketones is 1. The minimum absolute atomic E-state index is 0.0637. The van der Waals surface area contributed by atoms with Crippen molar-refractivity contribution in [1.82, 2.24) is 4.90 Å². The van der Waals surface area contributed by atoms with E-state index < -0.39 is 17.7 Å². The molecule has 1 fully saturated rings. The van der Waals surface area contributed by atoms with Gasteiger partial charge in [0.25, 0.3) is 11.7 Å². The topological polar surface area (TPSA) is 80.0 Å². The SMILES string of the molecule is C=CCOc1ccc(C(O)=C2C(=O)C(=O)N(Cc3ccco3)[C@@H]2c2cccs2)cc1. The van der Waals surface area contributed by atoms with Crippen LogP contribution in [-0.2, 0) is 16.1 Å². The molecule has 7 heteroatoms. The second kappa shape index (κ2) is 8.42. The molecule has 1 saturated heterocycles. The lowest BCUT2D eigenvalue weighted by Crippen LogP contribution is -2.28. The van der Waals surface area contributed by atoms with E-state index in [1.54, 1.807) is 42.5 Å². The standard InChI is InChI=1S/C23H19NO5S/c1-2-11-28-16-9-7-15(8-10-16)21(25)19-20(18-6-4-13-30-18)24(23(27)22(19)26)14-17-5-3-12-29-17/h2-10,12-13,20,25H,1,11,14H2/t20-/m1/s1. The van der Waals surface area contributed by atoms with Gasteiger partial charge in [-0.05, 0) is 47.8 Å². The Balaban J connectivity index is 1.75. The van der Waals surface area contributed by atoms with Crippen molar-refractivity contribution in [2.45, 2.75) is 12.6 Å². The number of benzene rings is 1. The summed E-state index contributed by atoms with van der Waals surface area (Å²) in [5.74, 6) is -0.438. The first-order valence-electron chi connectivity index (χ1n) is 9.28. The van der Waals surface area contributed by atoms with E-state index in [2.05, 4.69) is 6.58 Å². The number of aliphatic hydroxyl groups excluding tert-OH is 1. The molecule has 0 bridgehead atoms. The number of Topliss-reactive ketones (excluding diaryl/α,β-unsaturated/α-hetero) is 1. The molecule has 0 unspecified atom stereocenters. The summed E-state index contributed by atoms with van der Waals surface area (Å²) in [6.07, 6.45) is 3.15. The first kappa shape index (κ1) is 19.7. The van der Waals surface area contributed by atoms with Crippen LogP contribution in [0.3, 0.4) is 0 Å². The van der Waals surface area contributed by atoms with E-state index >= 15 is 0 Å². The summed E-state index contributed by atoms with van der Waals surface area (Å²) in [4.78, 5) is 27.9. The number of hydrogen-bond donors (Lipinski definition) is 1. The number of nitrogens with zero attached hydrogens (tertiary/aromatic N) is 1. The summed E-state index contributed by atoms with van der Waals surface area (Å²) in [7, 11) is 0. The number of amides is 1. The Hall–Kier alpha value is -3.58. The number of rotatable bonds is 7. The third-order valence-corrected chi connectivity index (χ3v) is 5.68. The molecule has 0 saturated carbocycles. The number of ether oxygens (including phenoxy) is 1. The molecule has 3 aromatic rings. The van der Waals surface area contributed by atoms with Crippen molar-refractivity contribution >= 4 is 28.8 Å².